The number of sulfonamides is 1. The predicted molar refractivity (Wildman–Crippen MR) is 131 cm³/mol. The van der Waals surface area contributed by atoms with Gasteiger partial charge in [0.2, 0.25) is 15.9 Å². The smallest absolute Gasteiger partial charge is 0.243 e. The highest BCUT2D eigenvalue weighted by Crippen LogP contribution is 2.30. The van der Waals surface area contributed by atoms with E-state index in [1.807, 2.05) is 43.3 Å². The molecule has 180 valence electrons. The van der Waals surface area contributed by atoms with Crippen molar-refractivity contribution in [3.05, 3.63) is 90.0 Å². The summed E-state index contributed by atoms with van der Waals surface area (Å²) in [5, 5.41) is 2.90. The van der Waals surface area contributed by atoms with Crippen molar-refractivity contribution in [2.45, 2.75) is 24.3 Å². The number of rotatable bonds is 11. The zero-order valence-corrected chi connectivity index (χ0v) is 20.4. The number of hydrogen-bond donors (Lipinski definition) is 1. The third-order valence-electron chi connectivity index (χ3n) is 5.48. The lowest BCUT2D eigenvalue weighted by Gasteiger charge is -2.23. The Morgan fingerprint density at radius 1 is 0.912 bits per heavy atom. The van der Waals surface area contributed by atoms with E-state index in [4.69, 9.17) is 9.47 Å². The first-order valence-corrected chi connectivity index (χ1v) is 12.4. The molecule has 34 heavy (non-hydrogen) atoms. The van der Waals surface area contributed by atoms with Crippen LogP contribution in [0.15, 0.2) is 83.8 Å². The van der Waals surface area contributed by atoms with E-state index in [0.29, 0.717) is 17.9 Å². The highest BCUT2D eigenvalue weighted by molar-refractivity contribution is 7.89. The molecule has 1 unspecified atom stereocenters. The van der Waals surface area contributed by atoms with Crippen molar-refractivity contribution in [3.63, 3.8) is 0 Å². The van der Waals surface area contributed by atoms with Crippen LogP contribution >= 0.6 is 0 Å². The number of hydrogen-bond acceptors (Lipinski definition) is 5. The van der Waals surface area contributed by atoms with E-state index >= 15 is 0 Å². The molecule has 0 fully saturated rings. The van der Waals surface area contributed by atoms with Crippen molar-refractivity contribution in [1.29, 1.82) is 0 Å². The van der Waals surface area contributed by atoms with Crippen molar-refractivity contribution >= 4 is 15.9 Å². The van der Waals surface area contributed by atoms with Crippen LogP contribution in [0, 0.1) is 0 Å². The second kappa shape index (κ2) is 11.7. The zero-order chi connectivity index (χ0) is 24.6. The summed E-state index contributed by atoms with van der Waals surface area (Å²) < 4.78 is 38.5. The first kappa shape index (κ1) is 25.3. The number of methoxy groups -OCH3 is 2. The first-order chi connectivity index (χ1) is 16.3. The molecule has 0 aromatic heterocycles. The predicted octanol–water partition coefficient (Wildman–Crippen LogP) is 3.81. The van der Waals surface area contributed by atoms with Crippen LogP contribution in [0.2, 0.25) is 0 Å². The summed E-state index contributed by atoms with van der Waals surface area (Å²) in [5.74, 6) is 0.748. The standard InChI is InChI=1S/C26H30N2O5S/c1-20(22-14-15-24(32-2)25(18-22)33-3)27-26(29)19-28(17-16-21-10-6-4-7-11-21)34(30,31)23-12-8-5-9-13-23/h4-15,18,20H,16-17,19H2,1-3H3,(H,27,29). The zero-order valence-electron chi connectivity index (χ0n) is 19.6. The van der Waals surface area contributed by atoms with Gasteiger partial charge in [0.05, 0.1) is 31.7 Å². The molecule has 0 saturated heterocycles. The quantitative estimate of drug-likeness (QED) is 0.449. The van der Waals surface area contributed by atoms with Gasteiger partial charge in [0, 0.05) is 6.54 Å². The lowest BCUT2D eigenvalue weighted by molar-refractivity contribution is -0.121. The van der Waals surface area contributed by atoms with Crippen molar-refractivity contribution in [2.75, 3.05) is 27.3 Å². The highest BCUT2D eigenvalue weighted by Gasteiger charge is 2.27. The van der Waals surface area contributed by atoms with Gasteiger partial charge in [-0.2, -0.15) is 4.31 Å². The molecule has 8 heteroatoms. The van der Waals surface area contributed by atoms with Crippen LogP contribution in [0.3, 0.4) is 0 Å². The van der Waals surface area contributed by atoms with Gasteiger partial charge in [-0.1, -0.05) is 54.6 Å². The second-order valence-electron chi connectivity index (χ2n) is 7.79. The topological polar surface area (TPSA) is 84.9 Å². The minimum atomic E-state index is -3.85. The van der Waals surface area contributed by atoms with Gasteiger partial charge in [0.1, 0.15) is 0 Å². The molecule has 0 radical (unpaired) electrons. The number of nitrogens with one attached hydrogen (secondary N) is 1. The van der Waals surface area contributed by atoms with Crippen LogP contribution < -0.4 is 14.8 Å². The molecule has 0 heterocycles. The van der Waals surface area contributed by atoms with Gasteiger partial charge in [-0.15, -0.1) is 0 Å². The molecule has 0 saturated carbocycles. The van der Waals surface area contributed by atoms with Crippen LogP contribution in [0.1, 0.15) is 24.1 Å². The monoisotopic (exact) mass is 482 g/mol. The minimum absolute atomic E-state index is 0.156. The fourth-order valence-electron chi connectivity index (χ4n) is 3.58. The Kier molecular flexibility index (Phi) is 8.67. The fraction of sp³-hybridized carbons (Fsp3) is 0.269. The van der Waals surface area contributed by atoms with Crippen molar-refractivity contribution in [1.82, 2.24) is 9.62 Å². The van der Waals surface area contributed by atoms with E-state index < -0.39 is 15.9 Å². The van der Waals surface area contributed by atoms with Gasteiger partial charge in [0.15, 0.2) is 11.5 Å². The third kappa shape index (κ3) is 6.36. The Bertz CT molecular complexity index is 1180. The molecule has 1 N–H and O–H groups in total. The summed E-state index contributed by atoms with van der Waals surface area (Å²) in [4.78, 5) is 13.1. The summed E-state index contributed by atoms with van der Waals surface area (Å²) >= 11 is 0. The molecule has 1 amide bonds. The first-order valence-electron chi connectivity index (χ1n) is 11.0. The molecular formula is C26H30N2O5S. The molecular weight excluding hydrogens is 452 g/mol. The number of ether oxygens (including phenoxy) is 2. The number of amides is 1. The maximum atomic E-state index is 13.3. The molecule has 0 aliphatic rings. The Labute approximate surface area is 201 Å². The van der Waals surface area contributed by atoms with E-state index in [1.165, 1.54) is 16.4 Å². The minimum Gasteiger partial charge on any atom is -0.493 e. The molecule has 3 aromatic rings. The lowest BCUT2D eigenvalue weighted by atomic mass is 10.1. The Morgan fingerprint density at radius 3 is 2.15 bits per heavy atom. The fourth-order valence-corrected chi connectivity index (χ4v) is 5.00. The van der Waals surface area contributed by atoms with Gasteiger partial charge in [0.25, 0.3) is 0 Å². The van der Waals surface area contributed by atoms with Crippen LogP contribution in [0.4, 0.5) is 0 Å². The summed E-state index contributed by atoms with van der Waals surface area (Å²) in [6.45, 7) is 1.72. The Hall–Kier alpha value is -3.36. The van der Waals surface area contributed by atoms with Crippen molar-refractivity contribution in [3.8, 4) is 11.5 Å². The normalized spacial score (nSPS) is 12.2. The van der Waals surface area contributed by atoms with E-state index in [0.717, 1.165) is 11.1 Å². The SMILES string of the molecule is COc1ccc(C(C)NC(=O)CN(CCc2ccccc2)S(=O)(=O)c2ccccc2)cc1OC. The molecule has 7 nitrogen and oxygen atoms in total. The van der Waals surface area contributed by atoms with E-state index in [2.05, 4.69) is 5.32 Å². The molecule has 0 spiro atoms. The van der Waals surface area contributed by atoms with E-state index in [1.54, 1.807) is 44.6 Å². The van der Waals surface area contributed by atoms with Crippen molar-refractivity contribution < 1.29 is 22.7 Å². The molecule has 3 rings (SSSR count). The van der Waals surface area contributed by atoms with E-state index in [9.17, 15) is 13.2 Å². The Balaban J connectivity index is 1.76. The van der Waals surface area contributed by atoms with Gasteiger partial charge in [-0.05, 0) is 48.7 Å². The van der Waals surface area contributed by atoms with Gasteiger partial charge >= 0.3 is 0 Å². The van der Waals surface area contributed by atoms with E-state index in [-0.39, 0.29) is 24.0 Å². The number of carbonyl (C=O) groups is 1. The molecule has 1 atom stereocenters. The number of benzene rings is 3. The largest absolute Gasteiger partial charge is 0.493 e. The molecule has 0 aliphatic heterocycles. The van der Waals surface area contributed by atoms with Gasteiger partial charge in [-0.3, -0.25) is 4.79 Å². The second-order valence-corrected chi connectivity index (χ2v) is 9.73. The maximum Gasteiger partial charge on any atom is 0.243 e. The van der Waals surface area contributed by atoms with Crippen LogP contribution in [-0.4, -0.2) is 45.9 Å². The summed E-state index contributed by atoms with van der Waals surface area (Å²) in [7, 11) is -0.749. The summed E-state index contributed by atoms with van der Waals surface area (Å²) in [6, 6.07) is 22.8. The summed E-state index contributed by atoms with van der Waals surface area (Å²) in [5.41, 5.74) is 1.81. The van der Waals surface area contributed by atoms with Crippen LogP contribution in [0.5, 0.6) is 11.5 Å². The van der Waals surface area contributed by atoms with Gasteiger partial charge < -0.3 is 14.8 Å². The number of nitrogens with zero attached hydrogens (tertiary/aromatic N) is 1. The van der Waals surface area contributed by atoms with Crippen molar-refractivity contribution in [2.24, 2.45) is 0 Å². The molecule has 0 aliphatic carbocycles. The highest BCUT2D eigenvalue weighted by atomic mass is 32.2. The number of carbonyl (C=O) groups excluding carboxylic acids is 1. The third-order valence-corrected chi connectivity index (χ3v) is 7.34. The average Bonchev–Trinajstić information content (AvgIpc) is 2.87. The average molecular weight is 483 g/mol. The lowest BCUT2D eigenvalue weighted by Crippen LogP contribution is -2.42. The Morgan fingerprint density at radius 2 is 1.53 bits per heavy atom. The van der Waals surface area contributed by atoms with Crippen LogP contribution in [0.25, 0.3) is 0 Å². The maximum absolute atomic E-state index is 13.3. The molecule has 3 aromatic carbocycles. The van der Waals surface area contributed by atoms with Crippen LogP contribution in [-0.2, 0) is 21.2 Å². The summed E-state index contributed by atoms with van der Waals surface area (Å²) in [6.07, 6.45) is 0.491. The van der Waals surface area contributed by atoms with Gasteiger partial charge in [-0.25, -0.2) is 8.42 Å². The molecule has 0 bridgehead atoms.